The molecule has 0 atom stereocenters. The molecular weight excluding hydrogens is 243 g/mol. The van der Waals surface area contributed by atoms with Crippen molar-refractivity contribution in [1.29, 1.82) is 0 Å². The molecule has 0 aromatic heterocycles. The molecule has 1 aromatic rings. The van der Waals surface area contributed by atoms with Gasteiger partial charge in [-0.15, -0.1) is 3.89 Å². The molecule has 3 nitrogen and oxygen atoms in total. The predicted molar refractivity (Wildman–Crippen MR) is 55.1 cm³/mol. The van der Waals surface area contributed by atoms with E-state index in [9.17, 15) is 17.1 Å². The van der Waals surface area contributed by atoms with Crippen LogP contribution in [0.25, 0.3) is 0 Å². The molecule has 0 radical (unpaired) electrons. The monoisotopic (exact) mass is 250 g/mol. The summed E-state index contributed by atoms with van der Waals surface area (Å²) in [5.74, 6) is -1.78. The molecule has 0 unspecified atom stereocenters. The SMILES string of the molecule is O=C(Cc1cccc(Cl)c1)CS(=O)(=O)F. The van der Waals surface area contributed by atoms with Crippen molar-refractivity contribution >= 4 is 27.6 Å². The first-order chi connectivity index (χ1) is 6.87. The van der Waals surface area contributed by atoms with Gasteiger partial charge in [0.15, 0.2) is 5.78 Å². The number of halogens is 2. The Morgan fingerprint density at radius 3 is 2.60 bits per heavy atom. The molecule has 1 aromatic carbocycles. The Kier molecular flexibility index (Phi) is 3.82. The normalized spacial score (nSPS) is 11.3. The van der Waals surface area contributed by atoms with Gasteiger partial charge in [-0.1, -0.05) is 23.7 Å². The zero-order valence-corrected chi connectivity index (χ0v) is 9.18. The fraction of sp³-hybridized carbons (Fsp3) is 0.222. The standard InChI is InChI=1S/C9H8ClFO3S/c10-8-3-1-2-7(4-8)5-9(12)6-15(11,13)14/h1-4H,5-6H2. The van der Waals surface area contributed by atoms with Crippen LogP contribution in [-0.2, 0) is 21.4 Å². The van der Waals surface area contributed by atoms with E-state index < -0.39 is 21.8 Å². The molecule has 1 rings (SSSR count). The number of hydrogen-bond donors (Lipinski definition) is 0. The second-order valence-electron chi connectivity index (χ2n) is 3.03. The number of ketones is 1. The minimum atomic E-state index is -4.74. The van der Waals surface area contributed by atoms with Gasteiger partial charge in [0.25, 0.3) is 0 Å². The van der Waals surface area contributed by atoms with Crippen LogP contribution in [0.3, 0.4) is 0 Å². The van der Waals surface area contributed by atoms with E-state index in [0.29, 0.717) is 10.6 Å². The molecule has 0 amide bonds. The Morgan fingerprint density at radius 1 is 1.40 bits per heavy atom. The lowest BCUT2D eigenvalue weighted by Gasteiger charge is -1.99. The van der Waals surface area contributed by atoms with Crippen LogP contribution in [0.15, 0.2) is 24.3 Å². The highest BCUT2D eigenvalue weighted by Gasteiger charge is 2.14. The van der Waals surface area contributed by atoms with E-state index in [2.05, 4.69) is 0 Å². The molecule has 0 aliphatic carbocycles. The zero-order chi connectivity index (χ0) is 11.5. The number of Topliss-reactive ketones (excluding diaryl/α,β-unsaturated/α-hetero) is 1. The average Bonchev–Trinajstić information content (AvgIpc) is 1.99. The molecule has 0 aliphatic rings. The Bertz CT molecular complexity index is 470. The first-order valence-corrected chi connectivity index (χ1v) is 5.98. The Morgan fingerprint density at radius 2 is 2.07 bits per heavy atom. The van der Waals surface area contributed by atoms with Crippen LogP contribution < -0.4 is 0 Å². The van der Waals surface area contributed by atoms with Crippen LogP contribution in [0.5, 0.6) is 0 Å². The number of carbonyl (C=O) groups excluding carboxylic acids is 1. The third kappa shape index (κ3) is 4.90. The largest absolute Gasteiger partial charge is 0.309 e. The topological polar surface area (TPSA) is 51.2 Å². The summed E-state index contributed by atoms with van der Waals surface area (Å²) >= 11 is 5.66. The van der Waals surface area contributed by atoms with E-state index in [1.165, 1.54) is 6.07 Å². The molecule has 0 bridgehead atoms. The van der Waals surface area contributed by atoms with Crippen LogP contribution in [0.1, 0.15) is 5.56 Å². The van der Waals surface area contributed by atoms with E-state index in [0.717, 1.165) is 0 Å². The zero-order valence-electron chi connectivity index (χ0n) is 7.61. The summed E-state index contributed by atoms with van der Waals surface area (Å²) in [5.41, 5.74) is 0.566. The van der Waals surface area contributed by atoms with Gasteiger partial charge in [-0.3, -0.25) is 4.79 Å². The maximum absolute atomic E-state index is 12.1. The van der Waals surface area contributed by atoms with Gasteiger partial charge in [-0.2, -0.15) is 8.42 Å². The summed E-state index contributed by atoms with van der Waals surface area (Å²) in [6.45, 7) is 0. The van der Waals surface area contributed by atoms with Crippen LogP contribution in [0.2, 0.25) is 5.02 Å². The lowest BCUT2D eigenvalue weighted by Crippen LogP contribution is -2.14. The summed E-state index contributed by atoms with van der Waals surface area (Å²) in [6.07, 6.45) is -0.135. The molecule has 0 saturated carbocycles. The second-order valence-corrected chi connectivity index (χ2v) is 4.83. The van der Waals surface area contributed by atoms with Crippen molar-refractivity contribution in [2.45, 2.75) is 6.42 Å². The van der Waals surface area contributed by atoms with Gasteiger partial charge < -0.3 is 0 Å². The summed E-state index contributed by atoms with van der Waals surface area (Å²) in [5, 5.41) is 0.448. The molecule has 82 valence electrons. The molecule has 0 fully saturated rings. The molecule has 0 saturated heterocycles. The molecule has 0 heterocycles. The van der Waals surface area contributed by atoms with Crippen molar-refractivity contribution < 1.29 is 17.1 Å². The summed E-state index contributed by atoms with van der Waals surface area (Å²) in [7, 11) is -4.74. The minimum Gasteiger partial charge on any atom is -0.298 e. The van der Waals surface area contributed by atoms with Crippen LogP contribution in [0.4, 0.5) is 3.89 Å². The molecular formula is C9H8ClFO3S. The highest BCUT2D eigenvalue weighted by atomic mass is 35.5. The van der Waals surface area contributed by atoms with Crippen molar-refractivity contribution in [3.8, 4) is 0 Å². The first kappa shape index (κ1) is 12.1. The van der Waals surface area contributed by atoms with Gasteiger partial charge in [0.05, 0.1) is 0 Å². The van der Waals surface area contributed by atoms with E-state index >= 15 is 0 Å². The predicted octanol–water partition coefficient (Wildman–Crippen LogP) is 1.75. The average molecular weight is 251 g/mol. The van der Waals surface area contributed by atoms with Gasteiger partial charge in [-0.25, -0.2) is 0 Å². The van der Waals surface area contributed by atoms with Gasteiger partial charge in [-0.05, 0) is 17.7 Å². The fourth-order valence-electron chi connectivity index (χ4n) is 1.12. The van der Waals surface area contributed by atoms with Gasteiger partial charge in [0, 0.05) is 11.4 Å². The number of hydrogen-bond acceptors (Lipinski definition) is 3. The maximum atomic E-state index is 12.1. The third-order valence-corrected chi connectivity index (χ3v) is 2.53. The highest BCUT2D eigenvalue weighted by molar-refractivity contribution is 7.87. The van der Waals surface area contributed by atoms with E-state index in [-0.39, 0.29) is 6.42 Å². The molecule has 0 aliphatic heterocycles. The molecule has 6 heteroatoms. The van der Waals surface area contributed by atoms with Crippen LogP contribution in [0, 0.1) is 0 Å². The second kappa shape index (κ2) is 4.72. The van der Waals surface area contributed by atoms with Crippen molar-refractivity contribution in [2.75, 3.05) is 5.75 Å². The van der Waals surface area contributed by atoms with Crippen molar-refractivity contribution in [1.82, 2.24) is 0 Å². The molecule has 0 N–H and O–H groups in total. The Hall–Kier alpha value is -0.940. The van der Waals surface area contributed by atoms with Crippen LogP contribution >= 0.6 is 11.6 Å². The van der Waals surface area contributed by atoms with Crippen molar-refractivity contribution in [3.63, 3.8) is 0 Å². The quantitative estimate of drug-likeness (QED) is 0.765. The first-order valence-electron chi connectivity index (χ1n) is 4.05. The number of carbonyl (C=O) groups is 1. The smallest absolute Gasteiger partial charge is 0.298 e. The Labute approximate surface area is 92.1 Å². The highest BCUT2D eigenvalue weighted by Crippen LogP contribution is 2.11. The van der Waals surface area contributed by atoms with E-state index in [4.69, 9.17) is 11.6 Å². The van der Waals surface area contributed by atoms with Gasteiger partial charge in [0.1, 0.15) is 5.75 Å². The lowest BCUT2D eigenvalue weighted by atomic mass is 10.1. The summed E-state index contributed by atoms with van der Waals surface area (Å²) in [6, 6.07) is 6.41. The maximum Gasteiger partial charge on any atom is 0.309 e. The fourth-order valence-corrected chi connectivity index (χ4v) is 1.82. The lowest BCUT2D eigenvalue weighted by molar-refractivity contribution is -0.116. The van der Waals surface area contributed by atoms with Crippen molar-refractivity contribution in [2.24, 2.45) is 0 Å². The third-order valence-electron chi connectivity index (χ3n) is 1.62. The van der Waals surface area contributed by atoms with Gasteiger partial charge in [0.2, 0.25) is 0 Å². The summed E-state index contributed by atoms with van der Waals surface area (Å²) in [4.78, 5) is 11.1. The Balaban J connectivity index is 2.67. The van der Waals surface area contributed by atoms with Gasteiger partial charge >= 0.3 is 10.2 Å². The van der Waals surface area contributed by atoms with E-state index in [1.54, 1.807) is 18.2 Å². The summed E-state index contributed by atoms with van der Waals surface area (Å²) < 4.78 is 32.5. The number of benzene rings is 1. The minimum absolute atomic E-state index is 0.135. The molecule has 0 spiro atoms. The van der Waals surface area contributed by atoms with E-state index in [1.807, 2.05) is 0 Å². The number of rotatable bonds is 4. The van der Waals surface area contributed by atoms with Crippen LogP contribution in [-0.4, -0.2) is 20.0 Å². The van der Waals surface area contributed by atoms with Crippen molar-refractivity contribution in [3.05, 3.63) is 34.9 Å². The molecule has 15 heavy (non-hydrogen) atoms.